The van der Waals surface area contributed by atoms with Crippen molar-refractivity contribution in [2.75, 3.05) is 26.7 Å². The number of rotatable bonds is 7. The molecule has 3 rings (SSSR count). The van der Waals surface area contributed by atoms with Crippen LogP contribution in [0, 0.1) is 5.41 Å². The normalized spacial score (nSPS) is 27.6. The number of aliphatic carboxylic acids is 1. The summed E-state index contributed by atoms with van der Waals surface area (Å²) in [4.78, 5) is 13.1. The summed E-state index contributed by atoms with van der Waals surface area (Å²) in [6.45, 7) is 4.96. The molecule has 6 heteroatoms. The average molecular weight is 377 g/mol. The maximum absolute atomic E-state index is 11.2. The first-order valence-corrected chi connectivity index (χ1v) is 9.80. The summed E-state index contributed by atoms with van der Waals surface area (Å²) in [7, 11) is 1.64. The van der Waals surface area contributed by atoms with E-state index in [2.05, 4.69) is 0 Å². The van der Waals surface area contributed by atoms with Crippen LogP contribution < -0.4 is 9.47 Å². The molecule has 27 heavy (non-hydrogen) atoms. The molecule has 0 radical (unpaired) electrons. The molecule has 1 aromatic rings. The van der Waals surface area contributed by atoms with E-state index in [1.54, 1.807) is 14.0 Å². The van der Waals surface area contributed by atoms with Crippen LogP contribution in [-0.2, 0) is 4.79 Å². The lowest BCUT2D eigenvalue weighted by Crippen LogP contribution is -2.37. The minimum absolute atomic E-state index is 0.0135. The molecule has 0 spiro atoms. The van der Waals surface area contributed by atoms with Gasteiger partial charge < -0.3 is 19.7 Å². The second-order valence-corrected chi connectivity index (χ2v) is 8.23. The number of carboxylic acid groups (broad SMARTS) is 1. The fourth-order valence-electron chi connectivity index (χ4n) is 4.53. The molecule has 2 fully saturated rings. The Morgan fingerprint density at radius 3 is 2.63 bits per heavy atom. The third-order valence-corrected chi connectivity index (χ3v) is 6.30. The molecule has 1 saturated heterocycles. The van der Waals surface area contributed by atoms with Crippen molar-refractivity contribution < 1.29 is 24.5 Å². The van der Waals surface area contributed by atoms with Gasteiger partial charge in [-0.1, -0.05) is 13.0 Å². The maximum atomic E-state index is 11.2. The van der Waals surface area contributed by atoms with Gasteiger partial charge in [-0.25, -0.2) is 0 Å². The van der Waals surface area contributed by atoms with Gasteiger partial charge in [0.2, 0.25) is 0 Å². The standard InChI is InChI=1S/C21H31NO5/c1-14(23)21(2)13-22(12-20(24)25)11-17(21)15-8-9-18(26-3)19(10-15)27-16-6-4-5-7-16/h8-10,14,16-17,23H,4-7,11-13H2,1-3H3,(H,24,25)/t14-,17+,21+/m1/s1. The Balaban J connectivity index is 1.89. The first-order chi connectivity index (χ1) is 12.8. The van der Waals surface area contributed by atoms with Gasteiger partial charge in [0.25, 0.3) is 0 Å². The van der Waals surface area contributed by atoms with E-state index < -0.39 is 17.5 Å². The molecule has 0 unspecified atom stereocenters. The molecule has 2 N–H and O–H groups in total. The van der Waals surface area contributed by atoms with Gasteiger partial charge in [-0.2, -0.15) is 0 Å². The Labute approximate surface area is 161 Å². The highest BCUT2D eigenvalue weighted by atomic mass is 16.5. The van der Waals surface area contributed by atoms with Crippen molar-refractivity contribution >= 4 is 5.97 Å². The van der Waals surface area contributed by atoms with Crippen LogP contribution in [0.5, 0.6) is 11.5 Å². The number of nitrogens with zero attached hydrogens (tertiary/aromatic N) is 1. The van der Waals surface area contributed by atoms with E-state index >= 15 is 0 Å². The third-order valence-electron chi connectivity index (χ3n) is 6.30. The Bertz CT molecular complexity index is 671. The SMILES string of the molecule is COc1ccc([C@@H]2CN(CC(=O)O)C[C@@]2(C)[C@@H](C)O)cc1OC1CCCC1. The van der Waals surface area contributed by atoms with Gasteiger partial charge in [0.15, 0.2) is 11.5 Å². The van der Waals surface area contributed by atoms with Crippen LogP contribution >= 0.6 is 0 Å². The zero-order valence-corrected chi connectivity index (χ0v) is 16.5. The highest BCUT2D eigenvalue weighted by Crippen LogP contribution is 2.47. The maximum Gasteiger partial charge on any atom is 0.317 e. The average Bonchev–Trinajstić information content (AvgIpc) is 3.22. The van der Waals surface area contributed by atoms with Crippen LogP contribution in [0.25, 0.3) is 0 Å². The molecule has 1 heterocycles. The molecule has 1 aliphatic heterocycles. The fraction of sp³-hybridized carbons (Fsp3) is 0.667. The number of likely N-dealkylation sites (tertiary alicyclic amines) is 1. The summed E-state index contributed by atoms with van der Waals surface area (Å²) < 4.78 is 11.7. The number of aliphatic hydroxyl groups is 1. The summed E-state index contributed by atoms with van der Waals surface area (Å²) in [6, 6.07) is 5.95. The van der Waals surface area contributed by atoms with Crippen LogP contribution in [0.2, 0.25) is 0 Å². The van der Waals surface area contributed by atoms with Crippen molar-refractivity contribution in [3.63, 3.8) is 0 Å². The summed E-state index contributed by atoms with van der Waals surface area (Å²) in [5, 5.41) is 19.6. The van der Waals surface area contributed by atoms with E-state index in [4.69, 9.17) is 9.47 Å². The van der Waals surface area contributed by atoms with Crippen molar-refractivity contribution in [1.82, 2.24) is 4.90 Å². The van der Waals surface area contributed by atoms with E-state index in [-0.39, 0.29) is 18.6 Å². The lowest BCUT2D eigenvalue weighted by Gasteiger charge is -2.34. The molecule has 2 aliphatic rings. The van der Waals surface area contributed by atoms with Crippen molar-refractivity contribution in [3.8, 4) is 11.5 Å². The lowest BCUT2D eigenvalue weighted by molar-refractivity contribution is -0.138. The van der Waals surface area contributed by atoms with Crippen molar-refractivity contribution in [3.05, 3.63) is 23.8 Å². The second-order valence-electron chi connectivity index (χ2n) is 8.23. The number of benzene rings is 1. The van der Waals surface area contributed by atoms with Crippen LogP contribution in [0.3, 0.4) is 0 Å². The summed E-state index contributed by atoms with van der Waals surface area (Å²) in [6.07, 6.45) is 4.19. The van der Waals surface area contributed by atoms with Crippen molar-refractivity contribution in [2.24, 2.45) is 5.41 Å². The monoisotopic (exact) mass is 377 g/mol. The third kappa shape index (κ3) is 4.22. The molecule has 1 aromatic carbocycles. The predicted molar refractivity (Wildman–Crippen MR) is 102 cm³/mol. The zero-order chi connectivity index (χ0) is 19.6. The molecule has 0 amide bonds. The molecule has 0 bridgehead atoms. The Morgan fingerprint density at radius 2 is 2.04 bits per heavy atom. The molecule has 0 aromatic heterocycles. The number of hydrogen-bond donors (Lipinski definition) is 2. The number of carboxylic acids is 1. The summed E-state index contributed by atoms with van der Waals surface area (Å²) in [5.74, 6) is 0.633. The van der Waals surface area contributed by atoms with E-state index in [0.717, 1.165) is 24.2 Å². The van der Waals surface area contributed by atoms with Gasteiger partial charge >= 0.3 is 5.97 Å². The van der Waals surface area contributed by atoms with Crippen LogP contribution in [0.1, 0.15) is 51.0 Å². The summed E-state index contributed by atoms with van der Waals surface area (Å²) >= 11 is 0. The van der Waals surface area contributed by atoms with Crippen LogP contribution in [0.15, 0.2) is 18.2 Å². The molecule has 6 nitrogen and oxygen atoms in total. The lowest BCUT2D eigenvalue weighted by atomic mass is 9.72. The number of hydrogen-bond acceptors (Lipinski definition) is 5. The largest absolute Gasteiger partial charge is 0.493 e. The van der Waals surface area contributed by atoms with E-state index in [0.29, 0.717) is 18.8 Å². The Kier molecular flexibility index (Phi) is 5.96. The second kappa shape index (κ2) is 8.07. The minimum atomic E-state index is -0.844. The van der Waals surface area contributed by atoms with Gasteiger partial charge in [-0.3, -0.25) is 9.69 Å². The van der Waals surface area contributed by atoms with Crippen molar-refractivity contribution in [2.45, 2.75) is 57.7 Å². The minimum Gasteiger partial charge on any atom is -0.493 e. The van der Waals surface area contributed by atoms with Crippen LogP contribution in [-0.4, -0.2) is 60.0 Å². The molecule has 3 atom stereocenters. The molecular weight excluding hydrogens is 346 g/mol. The molecular formula is C21H31NO5. The predicted octanol–water partition coefficient (Wildman–Crippen LogP) is 2.89. The van der Waals surface area contributed by atoms with E-state index in [1.165, 1.54) is 12.8 Å². The van der Waals surface area contributed by atoms with Gasteiger partial charge in [0.05, 0.1) is 25.9 Å². The fourth-order valence-corrected chi connectivity index (χ4v) is 4.53. The topological polar surface area (TPSA) is 79.2 Å². The van der Waals surface area contributed by atoms with Crippen molar-refractivity contribution in [1.29, 1.82) is 0 Å². The van der Waals surface area contributed by atoms with E-state index in [1.807, 2.05) is 30.0 Å². The Hall–Kier alpha value is -1.79. The number of ether oxygens (including phenoxy) is 2. The Morgan fingerprint density at radius 1 is 1.33 bits per heavy atom. The molecule has 1 saturated carbocycles. The highest BCUT2D eigenvalue weighted by molar-refractivity contribution is 5.69. The number of methoxy groups -OCH3 is 1. The molecule has 150 valence electrons. The summed E-state index contributed by atoms with van der Waals surface area (Å²) in [5.41, 5.74) is 0.634. The van der Waals surface area contributed by atoms with Gasteiger partial charge in [0, 0.05) is 24.4 Å². The van der Waals surface area contributed by atoms with Crippen LogP contribution in [0.4, 0.5) is 0 Å². The highest BCUT2D eigenvalue weighted by Gasteiger charge is 2.47. The van der Waals surface area contributed by atoms with E-state index in [9.17, 15) is 15.0 Å². The first kappa shape index (κ1) is 20.0. The first-order valence-electron chi connectivity index (χ1n) is 9.80. The zero-order valence-electron chi connectivity index (χ0n) is 16.5. The quantitative estimate of drug-likeness (QED) is 0.761. The van der Waals surface area contributed by atoms with Gasteiger partial charge in [-0.05, 0) is 50.3 Å². The van der Waals surface area contributed by atoms with Gasteiger partial charge in [0.1, 0.15) is 0 Å². The molecule has 1 aliphatic carbocycles. The number of aliphatic hydroxyl groups excluding tert-OH is 1. The van der Waals surface area contributed by atoms with Gasteiger partial charge in [-0.15, -0.1) is 0 Å². The number of carbonyl (C=O) groups is 1. The smallest absolute Gasteiger partial charge is 0.317 e.